The summed E-state index contributed by atoms with van der Waals surface area (Å²) in [6.07, 6.45) is 3.13. The standard InChI is InChI=1S/C19H23ClN2O4/c1-13-6-9-21(10-7-13)18(24)12-26-19(25)15-5-4-14(20)11-16(15)22-8-2-3-17(22)23/h4-5,11,13H,2-3,6-10,12H2,1H3. The van der Waals surface area contributed by atoms with Gasteiger partial charge in [0.1, 0.15) is 0 Å². The van der Waals surface area contributed by atoms with Gasteiger partial charge in [-0.25, -0.2) is 4.79 Å². The summed E-state index contributed by atoms with van der Waals surface area (Å²) in [7, 11) is 0. The largest absolute Gasteiger partial charge is 0.452 e. The molecule has 3 rings (SSSR count). The smallest absolute Gasteiger partial charge is 0.340 e. The van der Waals surface area contributed by atoms with E-state index in [9.17, 15) is 14.4 Å². The zero-order chi connectivity index (χ0) is 18.7. The monoisotopic (exact) mass is 378 g/mol. The topological polar surface area (TPSA) is 66.9 Å². The van der Waals surface area contributed by atoms with Crippen LogP contribution in [0.4, 0.5) is 5.69 Å². The van der Waals surface area contributed by atoms with Crippen LogP contribution >= 0.6 is 11.6 Å². The maximum Gasteiger partial charge on any atom is 0.340 e. The predicted octanol–water partition coefficient (Wildman–Crippen LogP) is 2.88. The molecule has 2 saturated heterocycles. The minimum atomic E-state index is -0.616. The van der Waals surface area contributed by atoms with Crippen molar-refractivity contribution in [2.75, 3.05) is 31.1 Å². The van der Waals surface area contributed by atoms with E-state index in [-0.39, 0.29) is 24.0 Å². The van der Waals surface area contributed by atoms with Gasteiger partial charge in [0.15, 0.2) is 6.61 Å². The van der Waals surface area contributed by atoms with Gasteiger partial charge in [-0.1, -0.05) is 18.5 Å². The Balaban J connectivity index is 1.66. The second-order valence-corrected chi connectivity index (χ2v) is 7.39. The van der Waals surface area contributed by atoms with Crippen LogP contribution in [-0.2, 0) is 14.3 Å². The Morgan fingerprint density at radius 2 is 1.96 bits per heavy atom. The SMILES string of the molecule is CC1CCN(C(=O)COC(=O)c2ccc(Cl)cc2N2CCCC2=O)CC1. The number of benzene rings is 1. The maximum atomic E-state index is 12.5. The van der Waals surface area contributed by atoms with E-state index in [0.29, 0.717) is 42.7 Å². The van der Waals surface area contributed by atoms with E-state index in [1.165, 1.54) is 0 Å². The first-order chi connectivity index (χ1) is 12.5. The number of anilines is 1. The molecular formula is C19H23ClN2O4. The molecule has 2 aliphatic rings. The first kappa shape index (κ1) is 18.7. The van der Waals surface area contributed by atoms with Crippen LogP contribution in [-0.4, -0.2) is 48.9 Å². The highest BCUT2D eigenvalue weighted by molar-refractivity contribution is 6.31. The molecular weight excluding hydrogens is 356 g/mol. The highest BCUT2D eigenvalue weighted by Crippen LogP contribution is 2.29. The molecule has 0 bridgehead atoms. The van der Waals surface area contributed by atoms with Gasteiger partial charge in [-0.15, -0.1) is 0 Å². The Morgan fingerprint density at radius 3 is 2.62 bits per heavy atom. The molecule has 2 fully saturated rings. The van der Waals surface area contributed by atoms with Crippen molar-refractivity contribution in [1.82, 2.24) is 4.90 Å². The molecule has 6 nitrogen and oxygen atoms in total. The van der Waals surface area contributed by atoms with Crippen molar-refractivity contribution >= 4 is 35.1 Å². The van der Waals surface area contributed by atoms with E-state index in [1.54, 1.807) is 28.0 Å². The summed E-state index contributed by atoms with van der Waals surface area (Å²) in [5.74, 6) is -0.218. The molecule has 2 heterocycles. The van der Waals surface area contributed by atoms with Gasteiger partial charge in [0.25, 0.3) is 5.91 Å². The fourth-order valence-electron chi connectivity index (χ4n) is 3.36. The first-order valence-corrected chi connectivity index (χ1v) is 9.38. The number of rotatable bonds is 4. The molecule has 1 aromatic carbocycles. The number of halogens is 1. The fourth-order valence-corrected chi connectivity index (χ4v) is 3.52. The molecule has 0 N–H and O–H groups in total. The average molecular weight is 379 g/mol. The lowest BCUT2D eigenvalue weighted by Crippen LogP contribution is -2.40. The van der Waals surface area contributed by atoms with E-state index >= 15 is 0 Å². The molecule has 1 aromatic rings. The van der Waals surface area contributed by atoms with Crippen LogP contribution in [0.15, 0.2) is 18.2 Å². The van der Waals surface area contributed by atoms with E-state index in [1.807, 2.05) is 0 Å². The van der Waals surface area contributed by atoms with E-state index < -0.39 is 5.97 Å². The number of esters is 1. The van der Waals surface area contributed by atoms with Crippen molar-refractivity contribution in [3.63, 3.8) is 0 Å². The van der Waals surface area contributed by atoms with E-state index in [2.05, 4.69) is 6.92 Å². The highest BCUT2D eigenvalue weighted by Gasteiger charge is 2.27. The van der Waals surface area contributed by atoms with Crippen LogP contribution in [0.3, 0.4) is 0 Å². The van der Waals surface area contributed by atoms with Crippen molar-refractivity contribution in [2.24, 2.45) is 5.92 Å². The summed E-state index contributed by atoms with van der Waals surface area (Å²) in [5.41, 5.74) is 0.703. The minimum Gasteiger partial charge on any atom is -0.452 e. The van der Waals surface area contributed by atoms with Crippen LogP contribution < -0.4 is 4.90 Å². The molecule has 0 radical (unpaired) electrons. The number of amides is 2. The van der Waals surface area contributed by atoms with Crippen LogP contribution in [0, 0.1) is 5.92 Å². The number of nitrogens with zero attached hydrogens (tertiary/aromatic N) is 2. The van der Waals surface area contributed by atoms with Crippen molar-refractivity contribution in [3.8, 4) is 0 Å². The summed E-state index contributed by atoms with van der Waals surface area (Å²) in [6.45, 7) is 3.83. The Bertz CT molecular complexity index is 713. The molecule has 0 spiro atoms. The highest BCUT2D eigenvalue weighted by atomic mass is 35.5. The zero-order valence-electron chi connectivity index (χ0n) is 14.9. The summed E-state index contributed by atoms with van der Waals surface area (Å²) >= 11 is 6.04. The third-order valence-corrected chi connectivity index (χ3v) is 5.24. The lowest BCUT2D eigenvalue weighted by Gasteiger charge is -2.30. The number of hydrogen-bond acceptors (Lipinski definition) is 4. The normalized spacial score (nSPS) is 18.3. The van der Waals surface area contributed by atoms with Gasteiger partial charge in [0.05, 0.1) is 11.3 Å². The van der Waals surface area contributed by atoms with E-state index in [0.717, 1.165) is 19.3 Å². The molecule has 26 heavy (non-hydrogen) atoms. The second-order valence-electron chi connectivity index (χ2n) is 6.95. The Morgan fingerprint density at radius 1 is 1.23 bits per heavy atom. The van der Waals surface area contributed by atoms with Crippen molar-refractivity contribution in [2.45, 2.75) is 32.6 Å². The van der Waals surface area contributed by atoms with Crippen LogP contribution in [0.5, 0.6) is 0 Å². The number of ether oxygens (including phenoxy) is 1. The molecule has 0 aliphatic carbocycles. The lowest BCUT2D eigenvalue weighted by molar-refractivity contribution is -0.135. The van der Waals surface area contributed by atoms with Crippen LogP contribution in [0.2, 0.25) is 5.02 Å². The molecule has 7 heteroatoms. The second kappa shape index (κ2) is 8.08. The van der Waals surface area contributed by atoms with Gasteiger partial charge >= 0.3 is 5.97 Å². The number of carbonyl (C=O) groups is 3. The molecule has 0 saturated carbocycles. The molecule has 140 valence electrons. The minimum absolute atomic E-state index is 0.0418. The quantitative estimate of drug-likeness (QED) is 0.755. The van der Waals surface area contributed by atoms with Gasteiger partial charge in [0.2, 0.25) is 5.91 Å². The van der Waals surface area contributed by atoms with Gasteiger partial charge in [-0.3, -0.25) is 9.59 Å². The third-order valence-electron chi connectivity index (χ3n) is 5.01. The number of likely N-dealkylation sites (tertiary alicyclic amines) is 1. The molecule has 2 aliphatic heterocycles. The zero-order valence-corrected chi connectivity index (χ0v) is 15.6. The Kier molecular flexibility index (Phi) is 5.81. The average Bonchev–Trinajstić information content (AvgIpc) is 3.05. The Hall–Kier alpha value is -2.08. The molecule has 0 aromatic heterocycles. The number of carbonyl (C=O) groups excluding carboxylic acids is 3. The van der Waals surface area contributed by atoms with Gasteiger partial charge in [-0.2, -0.15) is 0 Å². The Labute approximate surface area is 158 Å². The van der Waals surface area contributed by atoms with Gasteiger partial charge < -0.3 is 14.5 Å². The van der Waals surface area contributed by atoms with E-state index in [4.69, 9.17) is 16.3 Å². The molecule has 0 atom stereocenters. The maximum absolute atomic E-state index is 12.5. The van der Waals surface area contributed by atoms with Crippen molar-refractivity contribution in [1.29, 1.82) is 0 Å². The fraction of sp³-hybridized carbons (Fsp3) is 0.526. The number of piperidine rings is 1. The summed E-state index contributed by atoms with van der Waals surface area (Å²) in [4.78, 5) is 40.1. The third kappa shape index (κ3) is 4.18. The van der Waals surface area contributed by atoms with Crippen molar-refractivity contribution < 1.29 is 19.1 Å². The van der Waals surface area contributed by atoms with Crippen LogP contribution in [0.25, 0.3) is 0 Å². The summed E-state index contributed by atoms with van der Waals surface area (Å²) < 4.78 is 5.23. The number of hydrogen-bond donors (Lipinski definition) is 0. The van der Waals surface area contributed by atoms with Gasteiger partial charge in [-0.05, 0) is 43.4 Å². The lowest BCUT2D eigenvalue weighted by atomic mass is 9.99. The summed E-state index contributed by atoms with van der Waals surface area (Å²) in [5, 5.41) is 0.440. The molecule has 2 amide bonds. The van der Waals surface area contributed by atoms with Crippen molar-refractivity contribution in [3.05, 3.63) is 28.8 Å². The van der Waals surface area contributed by atoms with Gasteiger partial charge in [0, 0.05) is 31.1 Å². The first-order valence-electron chi connectivity index (χ1n) is 9.00. The summed E-state index contributed by atoms with van der Waals surface area (Å²) in [6, 6.07) is 4.71. The van der Waals surface area contributed by atoms with Crippen LogP contribution in [0.1, 0.15) is 43.0 Å². The predicted molar refractivity (Wildman–Crippen MR) is 98.3 cm³/mol. The molecule has 0 unspecified atom stereocenters.